The summed E-state index contributed by atoms with van der Waals surface area (Å²) in [7, 11) is 0. The Morgan fingerprint density at radius 2 is 2.00 bits per heavy atom. The number of carboxylic acid groups (broad SMARTS) is 1. The van der Waals surface area contributed by atoms with Crippen molar-refractivity contribution in [1.82, 2.24) is 0 Å². The summed E-state index contributed by atoms with van der Waals surface area (Å²) in [6.07, 6.45) is 1.36. The highest BCUT2D eigenvalue weighted by Crippen LogP contribution is 2.31. The van der Waals surface area contributed by atoms with Crippen LogP contribution in [0.25, 0.3) is 0 Å². The zero-order chi connectivity index (χ0) is 14.9. The van der Waals surface area contributed by atoms with Gasteiger partial charge in [0, 0.05) is 12.8 Å². The molecule has 1 saturated heterocycles. The van der Waals surface area contributed by atoms with Gasteiger partial charge >= 0.3 is 5.97 Å². The summed E-state index contributed by atoms with van der Waals surface area (Å²) in [5.74, 6) is -1.81. The number of aromatic carboxylic acids is 1. The molecule has 0 saturated carbocycles. The Labute approximate surface area is 125 Å². The third-order valence-electron chi connectivity index (χ3n) is 3.23. The molecule has 0 spiro atoms. The second-order valence-corrected chi connectivity index (χ2v) is 5.81. The predicted octanol–water partition coefficient (Wildman–Crippen LogP) is 3.62. The molecule has 0 amide bonds. The first-order chi connectivity index (χ1) is 9.38. The highest BCUT2D eigenvalue weighted by atomic mass is 79.9. The summed E-state index contributed by atoms with van der Waals surface area (Å²) in [6.45, 7) is 3.90. The average molecular weight is 347 g/mol. The van der Waals surface area contributed by atoms with Gasteiger partial charge in [0.05, 0.1) is 22.2 Å². The Morgan fingerprint density at radius 3 is 2.55 bits per heavy atom. The van der Waals surface area contributed by atoms with Crippen molar-refractivity contribution >= 4 is 21.9 Å². The van der Waals surface area contributed by atoms with Gasteiger partial charge in [0.15, 0.2) is 11.6 Å². The molecule has 0 aromatic heterocycles. The Balaban J connectivity index is 2.18. The van der Waals surface area contributed by atoms with E-state index in [1.165, 1.54) is 12.1 Å². The lowest BCUT2D eigenvalue weighted by molar-refractivity contribution is -0.0728. The Morgan fingerprint density at radius 1 is 1.40 bits per heavy atom. The highest BCUT2D eigenvalue weighted by molar-refractivity contribution is 9.10. The molecule has 1 N–H and O–H groups in total. The van der Waals surface area contributed by atoms with Crippen LogP contribution in [0.1, 0.15) is 37.0 Å². The molecule has 1 aromatic carbocycles. The standard InChI is InChI=1S/C14H16BrFO4/c1-7-5-9(6-8(2)19-7)20-11-4-3-10(14(17)18)12(15)13(11)16/h3-4,7-9H,5-6H2,1-2H3,(H,17,18). The van der Waals surface area contributed by atoms with Gasteiger partial charge in [0.25, 0.3) is 0 Å². The van der Waals surface area contributed by atoms with Crippen molar-refractivity contribution in [2.75, 3.05) is 0 Å². The third-order valence-corrected chi connectivity index (χ3v) is 4.00. The maximum absolute atomic E-state index is 14.1. The summed E-state index contributed by atoms with van der Waals surface area (Å²) < 4.78 is 25.3. The molecular formula is C14H16BrFO4. The molecule has 1 fully saturated rings. The smallest absolute Gasteiger partial charge is 0.336 e. The van der Waals surface area contributed by atoms with E-state index in [1.807, 2.05) is 13.8 Å². The zero-order valence-corrected chi connectivity index (χ0v) is 12.8. The minimum Gasteiger partial charge on any atom is -0.487 e. The second kappa shape index (κ2) is 6.10. The Kier molecular flexibility index (Phi) is 4.65. The molecule has 0 bridgehead atoms. The largest absolute Gasteiger partial charge is 0.487 e. The van der Waals surface area contributed by atoms with Crippen LogP contribution < -0.4 is 4.74 Å². The number of ether oxygens (including phenoxy) is 2. The Hall–Kier alpha value is -1.14. The number of carbonyl (C=O) groups is 1. The van der Waals surface area contributed by atoms with Crippen LogP contribution in [0.4, 0.5) is 4.39 Å². The number of halogens is 2. The van der Waals surface area contributed by atoms with Crippen LogP contribution in [0.3, 0.4) is 0 Å². The lowest BCUT2D eigenvalue weighted by Crippen LogP contribution is -2.35. The minimum absolute atomic E-state index is 0.0631. The van der Waals surface area contributed by atoms with E-state index < -0.39 is 11.8 Å². The molecule has 0 radical (unpaired) electrons. The summed E-state index contributed by atoms with van der Waals surface area (Å²) in [4.78, 5) is 10.9. The summed E-state index contributed by atoms with van der Waals surface area (Å²) in [5.41, 5.74) is -0.122. The highest BCUT2D eigenvalue weighted by Gasteiger charge is 2.27. The fraction of sp³-hybridized carbons (Fsp3) is 0.500. The maximum Gasteiger partial charge on any atom is 0.336 e. The lowest BCUT2D eigenvalue weighted by atomic mass is 10.0. The van der Waals surface area contributed by atoms with Gasteiger partial charge in [-0.05, 0) is 41.9 Å². The fourth-order valence-electron chi connectivity index (χ4n) is 2.41. The van der Waals surface area contributed by atoms with E-state index in [2.05, 4.69) is 15.9 Å². The fourth-order valence-corrected chi connectivity index (χ4v) is 2.91. The molecule has 0 aliphatic carbocycles. The lowest BCUT2D eigenvalue weighted by Gasteiger charge is -2.32. The molecule has 1 aliphatic rings. The number of carboxylic acids is 1. The molecule has 1 aromatic rings. The summed E-state index contributed by atoms with van der Waals surface area (Å²) >= 11 is 2.96. The first kappa shape index (κ1) is 15.3. The predicted molar refractivity (Wildman–Crippen MR) is 74.7 cm³/mol. The molecule has 1 heterocycles. The van der Waals surface area contributed by atoms with E-state index in [9.17, 15) is 9.18 Å². The van der Waals surface area contributed by atoms with Gasteiger partial charge in [0.1, 0.15) is 6.10 Å². The third kappa shape index (κ3) is 3.30. The van der Waals surface area contributed by atoms with Crippen LogP contribution in [0.15, 0.2) is 16.6 Å². The monoisotopic (exact) mass is 346 g/mol. The topological polar surface area (TPSA) is 55.8 Å². The van der Waals surface area contributed by atoms with Crippen molar-refractivity contribution in [2.24, 2.45) is 0 Å². The van der Waals surface area contributed by atoms with Gasteiger partial charge in [-0.25, -0.2) is 9.18 Å². The van der Waals surface area contributed by atoms with E-state index in [4.69, 9.17) is 14.6 Å². The molecule has 110 valence electrons. The number of hydrogen-bond acceptors (Lipinski definition) is 3. The van der Waals surface area contributed by atoms with Crippen molar-refractivity contribution < 1.29 is 23.8 Å². The second-order valence-electron chi connectivity index (χ2n) is 5.01. The van der Waals surface area contributed by atoms with Gasteiger partial charge in [0.2, 0.25) is 0 Å². The summed E-state index contributed by atoms with van der Waals surface area (Å²) in [6, 6.07) is 2.69. The van der Waals surface area contributed by atoms with Gasteiger partial charge in [-0.1, -0.05) is 0 Å². The van der Waals surface area contributed by atoms with E-state index in [0.717, 1.165) is 0 Å². The minimum atomic E-state index is -1.18. The van der Waals surface area contributed by atoms with Crippen LogP contribution in [0, 0.1) is 5.82 Å². The Bertz CT molecular complexity index is 510. The molecule has 4 nitrogen and oxygen atoms in total. The van der Waals surface area contributed by atoms with E-state index in [-0.39, 0.29) is 34.1 Å². The molecule has 1 aliphatic heterocycles. The number of hydrogen-bond donors (Lipinski definition) is 1. The summed E-state index contributed by atoms with van der Waals surface area (Å²) in [5, 5.41) is 8.92. The molecule has 2 unspecified atom stereocenters. The molecule has 6 heteroatoms. The van der Waals surface area contributed by atoms with E-state index in [1.54, 1.807) is 0 Å². The zero-order valence-electron chi connectivity index (χ0n) is 11.2. The van der Waals surface area contributed by atoms with E-state index >= 15 is 0 Å². The van der Waals surface area contributed by atoms with Crippen molar-refractivity contribution in [3.8, 4) is 5.75 Å². The molecule has 20 heavy (non-hydrogen) atoms. The van der Waals surface area contributed by atoms with Crippen LogP contribution in [0.2, 0.25) is 0 Å². The van der Waals surface area contributed by atoms with Crippen LogP contribution >= 0.6 is 15.9 Å². The van der Waals surface area contributed by atoms with Crippen LogP contribution in [-0.2, 0) is 4.74 Å². The van der Waals surface area contributed by atoms with Crippen LogP contribution in [0.5, 0.6) is 5.75 Å². The average Bonchev–Trinajstić information content (AvgIpc) is 2.33. The normalized spacial score (nSPS) is 26.3. The van der Waals surface area contributed by atoms with E-state index in [0.29, 0.717) is 12.8 Å². The number of rotatable bonds is 3. The van der Waals surface area contributed by atoms with Crippen molar-refractivity contribution in [3.05, 3.63) is 28.0 Å². The maximum atomic E-state index is 14.1. The van der Waals surface area contributed by atoms with Crippen molar-refractivity contribution in [3.63, 3.8) is 0 Å². The molecule has 2 rings (SSSR count). The number of benzene rings is 1. The first-order valence-corrected chi connectivity index (χ1v) is 7.21. The van der Waals surface area contributed by atoms with Crippen molar-refractivity contribution in [2.45, 2.75) is 45.0 Å². The van der Waals surface area contributed by atoms with Crippen molar-refractivity contribution in [1.29, 1.82) is 0 Å². The SMILES string of the molecule is CC1CC(Oc2ccc(C(=O)O)c(Br)c2F)CC(C)O1. The molecular weight excluding hydrogens is 331 g/mol. The van der Waals surface area contributed by atoms with Gasteiger partial charge in [-0.3, -0.25) is 0 Å². The van der Waals surface area contributed by atoms with Gasteiger partial charge < -0.3 is 14.6 Å². The first-order valence-electron chi connectivity index (χ1n) is 6.42. The quantitative estimate of drug-likeness (QED) is 0.907. The van der Waals surface area contributed by atoms with Gasteiger partial charge in [-0.15, -0.1) is 0 Å². The van der Waals surface area contributed by atoms with Gasteiger partial charge in [-0.2, -0.15) is 0 Å². The van der Waals surface area contributed by atoms with Crippen LogP contribution in [-0.4, -0.2) is 29.4 Å². The molecule has 2 atom stereocenters.